The minimum Gasteiger partial charge on any atom is -0.370 e. The minimum atomic E-state index is 0.693. The molecule has 0 aliphatic carbocycles. The molecule has 0 spiro atoms. The molecule has 4 nitrogen and oxygen atoms in total. The van der Waals surface area contributed by atoms with Gasteiger partial charge in [0.05, 0.1) is 5.01 Å². The third-order valence-corrected chi connectivity index (χ3v) is 4.52. The second kappa shape index (κ2) is 6.26. The number of guanidine groups is 1. The molecular formula is C11H18N4S2. The first-order valence-corrected chi connectivity index (χ1v) is 7.77. The summed E-state index contributed by atoms with van der Waals surface area (Å²) in [5, 5.41) is 1.15. The minimum absolute atomic E-state index is 0.693. The molecule has 0 amide bonds. The van der Waals surface area contributed by atoms with E-state index in [0.29, 0.717) is 5.96 Å². The average Bonchev–Trinajstić information content (AvgIpc) is 2.76. The molecular weight excluding hydrogens is 252 g/mol. The van der Waals surface area contributed by atoms with Gasteiger partial charge in [-0.2, -0.15) is 11.8 Å². The van der Waals surface area contributed by atoms with Crippen molar-refractivity contribution >= 4 is 29.1 Å². The molecule has 6 heteroatoms. The molecule has 0 bridgehead atoms. The van der Waals surface area contributed by atoms with Crippen LogP contribution in [0, 0.1) is 6.92 Å². The van der Waals surface area contributed by atoms with Gasteiger partial charge in [0.15, 0.2) is 5.96 Å². The summed E-state index contributed by atoms with van der Waals surface area (Å²) >= 11 is 3.72. The summed E-state index contributed by atoms with van der Waals surface area (Å²) in [7, 11) is 0. The third kappa shape index (κ3) is 3.89. The molecule has 17 heavy (non-hydrogen) atoms. The first-order valence-electron chi connectivity index (χ1n) is 5.79. The first kappa shape index (κ1) is 12.7. The molecule has 1 aromatic heterocycles. The molecule has 0 saturated carbocycles. The van der Waals surface area contributed by atoms with E-state index in [9.17, 15) is 0 Å². The summed E-state index contributed by atoms with van der Waals surface area (Å²) in [5.74, 6) is 3.00. The summed E-state index contributed by atoms with van der Waals surface area (Å²) < 4.78 is 0. The molecule has 2 rings (SSSR count). The van der Waals surface area contributed by atoms with Crippen molar-refractivity contribution in [2.45, 2.75) is 13.3 Å². The lowest BCUT2D eigenvalue weighted by Crippen LogP contribution is -2.42. The van der Waals surface area contributed by atoms with E-state index < -0.39 is 0 Å². The predicted octanol–water partition coefficient (Wildman–Crippen LogP) is 1.36. The van der Waals surface area contributed by atoms with Gasteiger partial charge in [0.2, 0.25) is 0 Å². The van der Waals surface area contributed by atoms with E-state index in [0.717, 1.165) is 42.6 Å². The molecule has 1 aliphatic heterocycles. The van der Waals surface area contributed by atoms with Crippen LogP contribution in [-0.4, -0.2) is 47.0 Å². The Labute approximate surface area is 110 Å². The summed E-state index contributed by atoms with van der Waals surface area (Å²) in [6.45, 7) is 4.86. The van der Waals surface area contributed by atoms with E-state index in [4.69, 9.17) is 5.73 Å². The molecule has 1 aliphatic rings. The molecule has 94 valence electrons. The predicted molar refractivity (Wildman–Crippen MR) is 75.9 cm³/mol. The number of thioether (sulfide) groups is 1. The number of aromatic nitrogens is 1. The highest BCUT2D eigenvalue weighted by Crippen LogP contribution is 2.12. The Kier molecular flexibility index (Phi) is 4.67. The van der Waals surface area contributed by atoms with E-state index in [2.05, 4.69) is 21.8 Å². The zero-order valence-electron chi connectivity index (χ0n) is 10.1. The van der Waals surface area contributed by atoms with Crippen molar-refractivity contribution in [3.8, 4) is 0 Å². The molecule has 1 fully saturated rings. The van der Waals surface area contributed by atoms with Crippen LogP contribution in [0.1, 0.15) is 9.88 Å². The fourth-order valence-electron chi connectivity index (χ4n) is 1.68. The van der Waals surface area contributed by atoms with Crippen LogP contribution in [0.25, 0.3) is 0 Å². The zero-order valence-corrected chi connectivity index (χ0v) is 11.7. The van der Waals surface area contributed by atoms with Gasteiger partial charge in [-0.05, 0) is 6.92 Å². The smallest absolute Gasteiger partial charge is 0.191 e. The van der Waals surface area contributed by atoms with Gasteiger partial charge < -0.3 is 10.6 Å². The van der Waals surface area contributed by atoms with Crippen molar-refractivity contribution in [2.24, 2.45) is 10.7 Å². The average molecular weight is 270 g/mol. The van der Waals surface area contributed by atoms with Crippen molar-refractivity contribution in [2.75, 3.05) is 31.1 Å². The monoisotopic (exact) mass is 270 g/mol. The van der Waals surface area contributed by atoms with Gasteiger partial charge in [0.25, 0.3) is 0 Å². The number of aryl methyl sites for hydroxylation is 1. The van der Waals surface area contributed by atoms with Crippen LogP contribution in [0.4, 0.5) is 0 Å². The lowest BCUT2D eigenvalue weighted by Gasteiger charge is -2.27. The maximum Gasteiger partial charge on any atom is 0.191 e. The Hall–Kier alpha value is -0.750. The van der Waals surface area contributed by atoms with Gasteiger partial charge in [-0.3, -0.25) is 4.99 Å². The zero-order chi connectivity index (χ0) is 12.1. The van der Waals surface area contributed by atoms with Crippen LogP contribution < -0.4 is 5.73 Å². The van der Waals surface area contributed by atoms with E-state index in [1.807, 2.05) is 18.0 Å². The summed E-state index contributed by atoms with van der Waals surface area (Å²) in [6.07, 6.45) is 2.80. The maximum atomic E-state index is 5.97. The summed E-state index contributed by atoms with van der Waals surface area (Å²) in [6, 6.07) is 0. The quantitative estimate of drug-likeness (QED) is 0.665. The van der Waals surface area contributed by atoms with Crippen molar-refractivity contribution < 1.29 is 0 Å². The lowest BCUT2D eigenvalue weighted by atomic mass is 10.4. The van der Waals surface area contributed by atoms with E-state index in [-0.39, 0.29) is 0 Å². The van der Waals surface area contributed by atoms with E-state index in [1.54, 1.807) is 11.3 Å². The molecule has 1 aromatic rings. The van der Waals surface area contributed by atoms with Crippen LogP contribution in [0.5, 0.6) is 0 Å². The highest BCUT2D eigenvalue weighted by molar-refractivity contribution is 7.99. The number of thiazole rings is 1. The van der Waals surface area contributed by atoms with Crippen molar-refractivity contribution in [3.05, 3.63) is 16.1 Å². The van der Waals surface area contributed by atoms with Gasteiger partial charge in [-0.15, -0.1) is 11.3 Å². The van der Waals surface area contributed by atoms with Gasteiger partial charge in [0, 0.05) is 48.6 Å². The Morgan fingerprint density at radius 1 is 1.53 bits per heavy atom. The fourth-order valence-corrected chi connectivity index (χ4v) is 3.35. The van der Waals surface area contributed by atoms with Crippen molar-refractivity contribution in [1.29, 1.82) is 0 Å². The normalized spacial score (nSPS) is 17.5. The SMILES string of the molecule is Cc1cnc(CCN=C(N)N2CCSCC2)s1. The molecule has 2 heterocycles. The standard InChI is InChI=1S/C11H18N4S2/c1-9-8-14-10(17-9)2-3-13-11(12)15-4-6-16-7-5-15/h8H,2-7H2,1H3,(H2,12,13). The number of nitrogens with zero attached hydrogens (tertiary/aromatic N) is 3. The number of hydrogen-bond acceptors (Lipinski definition) is 4. The number of aliphatic imine (C=N–C) groups is 1. The Morgan fingerprint density at radius 3 is 2.94 bits per heavy atom. The van der Waals surface area contributed by atoms with Crippen molar-refractivity contribution in [3.63, 3.8) is 0 Å². The molecule has 0 unspecified atom stereocenters. The summed E-state index contributed by atoms with van der Waals surface area (Å²) in [5.41, 5.74) is 5.97. The molecule has 0 aromatic carbocycles. The fraction of sp³-hybridized carbons (Fsp3) is 0.636. The van der Waals surface area contributed by atoms with Crippen LogP contribution in [0.15, 0.2) is 11.2 Å². The topological polar surface area (TPSA) is 54.5 Å². The van der Waals surface area contributed by atoms with Gasteiger partial charge in [-0.1, -0.05) is 0 Å². The maximum absolute atomic E-state index is 5.97. The molecule has 0 atom stereocenters. The Morgan fingerprint density at radius 2 is 2.29 bits per heavy atom. The highest BCUT2D eigenvalue weighted by atomic mass is 32.2. The molecule has 0 radical (unpaired) electrons. The van der Waals surface area contributed by atoms with Crippen LogP contribution >= 0.6 is 23.1 Å². The number of rotatable bonds is 3. The molecule has 2 N–H and O–H groups in total. The van der Waals surface area contributed by atoms with Crippen molar-refractivity contribution in [1.82, 2.24) is 9.88 Å². The highest BCUT2D eigenvalue weighted by Gasteiger charge is 2.11. The van der Waals surface area contributed by atoms with Crippen LogP contribution in [0.3, 0.4) is 0 Å². The number of hydrogen-bond donors (Lipinski definition) is 1. The lowest BCUT2D eigenvalue weighted by molar-refractivity contribution is 0.456. The molecule has 1 saturated heterocycles. The van der Waals surface area contributed by atoms with Gasteiger partial charge in [-0.25, -0.2) is 4.98 Å². The third-order valence-electron chi connectivity index (χ3n) is 2.60. The Bertz CT molecular complexity index is 383. The first-order chi connectivity index (χ1) is 8.25. The number of nitrogens with two attached hydrogens (primary N) is 1. The van der Waals surface area contributed by atoms with Gasteiger partial charge >= 0.3 is 0 Å². The largest absolute Gasteiger partial charge is 0.370 e. The van der Waals surface area contributed by atoms with Crippen LogP contribution in [-0.2, 0) is 6.42 Å². The van der Waals surface area contributed by atoms with Gasteiger partial charge in [0.1, 0.15) is 0 Å². The van der Waals surface area contributed by atoms with E-state index >= 15 is 0 Å². The summed E-state index contributed by atoms with van der Waals surface area (Å²) in [4.78, 5) is 12.2. The second-order valence-corrected chi connectivity index (χ2v) is 6.50. The Balaban J connectivity index is 1.79. The van der Waals surface area contributed by atoms with E-state index in [1.165, 1.54) is 4.88 Å². The van der Waals surface area contributed by atoms with Crippen LogP contribution in [0.2, 0.25) is 0 Å². The second-order valence-electron chi connectivity index (χ2n) is 3.95.